The third-order valence-electron chi connectivity index (χ3n) is 2.97. The predicted octanol–water partition coefficient (Wildman–Crippen LogP) is 1.58. The van der Waals surface area contributed by atoms with Crippen LogP contribution in [0.1, 0.15) is 19.3 Å². The highest BCUT2D eigenvalue weighted by Crippen LogP contribution is 2.32. The molecule has 1 saturated heterocycles. The van der Waals surface area contributed by atoms with Crippen molar-refractivity contribution in [3.8, 4) is 0 Å². The van der Waals surface area contributed by atoms with Gasteiger partial charge in [-0.2, -0.15) is 13.2 Å². The Balaban J connectivity index is 1.96. The maximum absolute atomic E-state index is 12.3. The molecule has 92 valence electrons. The van der Waals surface area contributed by atoms with Crippen LogP contribution in [0.25, 0.3) is 0 Å². The van der Waals surface area contributed by atoms with E-state index in [0.717, 1.165) is 11.3 Å². The lowest BCUT2D eigenvalue weighted by atomic mass is 10.1. The van der Waals surface area contributed by atoms with Gasteiger partial charge in [0.1, 0.15) is 0 Å². The van der Waals surface area contributed by atoms with Crippen LogP contribution in [0.5, 0.6) is 0 Å². The van der Waals surface area contributed by atoms with Crippen molar-refractivity contribution in [2.24, 2.45) is 5.92 Å². The minimum absolute atomic E-state index is 0.0619. The van der Waals surface area contributed by atoms with Crippen molar-refractivity contribution in [2.45, 2.75) is 31.5 Å². The van der Waals surface area contributed by atoms with Gasteiger partial charge in [0.15, 0.2) is 0 Å². The van der Waals surface area contributed by atoms with Crippen molar-refractivity contribution in [1.29, 1.82) is 0 Å². The maximum atomic E-state index is 12.3. The van der Waals surface area contributed by atoms with Crippen LogP contribution in [0.3, 0.4) is 0 Å². The summed E-state index contributed by atoms with van der Waals surface area (Å²) in [5.74, 6) is -1.63. The topological polar surface area (TPSA) is 29.5 Å². The Labute approximate surface area is 91.5 Å². The van der Waals surface area contributed by atoms with Crippen LogP contribution >= 0.6 is 0 Å². The minimum atomic E-state index is -4.75. The molecule has 1 saturated carbocycles. The van der Waals surface area contributed by atoms with E-state index in [-0.39, 0.29) is 18.5 Å². The number of rotatable bonds is 3. The van der Waals surface area contributed by atoms with Gasteiger partial charge in [-0.3, -0.25) is 4.79 Å². The van der Waals surface area contributed by atoms with Crippen LogP contribution in [0, 0.1) is 5.92 Å². The number of hydrogen-bond donors (Lipinski definition) is 0. The highest BCUT2D eigenvalue weighted by Gasteiger charge is 2.47. The zero-order chi connectivity index (χ0) is 11.8. The molecule has 1 amide bonds. The van der Waals surface area contributed by atoms with E-state index in [1.807, 2.05) is 0 Å². The minimum Gasteiger partial charge on any atom is -0.381 e. The molecule has 1 aliphatic heterocycles. The van der Waals surface area contributed by atoms with Crippen LogP contribution in [0.2, 0.25) is 0 Å². The van der Waals surface area contributed by atoms with Gasteiger partial charge in [-0.15, -0.1) is 0 Å². The Bertz CT molecular complexity index is 270. The van der Waals surface area contributed by atoms with Gasteiger partial charge in [-0.05, 0) is 19.3 Å². The van der Waals surface area contributed by atoms with Crippen molar-refractivity contribution < 1.29 is 22.7 Å². The first-order chi connectivity index (χ1) is 7.48. The first kappa shape index (κ1) is 11.7. The summed E-state index contributed by atoms with van der Waals surface area (Å²) >= 11 is 0. The summed E-state index contributed by atoms with van der Waals surface area (Å²) in [5, 5.41) is 0. The van der Waals surface area contributed by atoms with Crippen molar-refractivity contribution in [3.05, 3.63) is 0 Å². The molecule has 16 heavy (non-hydrogen) atoms. The van der Waals surface area contributed by atoms with Crippen LogP contribution in [-0.4, -0.2) is 42.8 Å². The molecule has 2 fully saturated rings. The summed E-state index contributed by atoms with van der Waals surface area (Å²) in [6, 6.07) is -0.199. The standard InChI is InChI=1S/C10H14F3NO2/c11-10(12,13)9(15)14(8-1-2-8)5-7-3-4-16-6-7/h7-8H,1-6H2. The fourth-order valence-electron chi connectivity index (χ4n) is 1.95. The van der Waals surface area contributed by atoms with Gasteiger partial charge in [-0.1, -0.05) is 0 Å². The number of hydrogen-bond acceptors (Lipinski definition) is 2. The van der Waals surface area contributed by atoms with E-state index >= 15 is 0 Å². The Morgan fingerprint density at radius 1 is 1.31 bits per heavy atom. The van der Waals surface area contributed by atoms with Gasteiger partial charge in [-0.25, -0.2) is 0 Å². The number of halogens is 3. The van der Waals surface area contributed by atoms with Crippen LogP contribution in [0.4, 0.5) is 13.2 Å². The van der Waals surface area contributed by atoms with Crippen LogP contribution in [0.15, 0.2) is 0 Å². The second-order valence-electron chi connectivity index (χ2n) is 4.42. The molecular formula is C10H14F3NO2. The zero-order valence-electron chi connectivity index (χ0n) is 8.79. The average molecular weight is 237 g/mol. The Hall–Kier alpha value is -0.780. The van der Waals surface area contributed by atoms with Crippen molar-refractivity contribution in [1.82, 2.24) is 4.90 Å². The molecule has 1 heterocycles. The van der Waals surface area contributed by atoms with Gasteiger partial charge < -0.3 is 9.64 Å². The molecule has 2 rings (SSSR count). The molecule has 0 aromatic carbocycles. The van der Waals surface area contributed by atoms with Gasteiger partial charge in [0.05, 0.1) is 6.61 Å². The molecular weight excluding hydrogens is 223 g/mol. The van der Waals surface area contributed by atoms with E-state index in [1.165, 1.54) is 0 Å². The molecule has 0 aromatic rings. The fraction of sp³-hybridized carbons (Fsp3) is 0.900. The zero-order valence-corrected chi connectivity index (χ0v) is 8.79. The van der Waals surface area contributed by atoms with Gasteiger partial charge in [0.2, 0.25) is 0 Å². The van der Waals surface area contributed by atoms with Gasteiger partial charge >= 0.3 is 12.1 Å². The highest BCUT2D eigenvalue weighted by atomic mass is 19.4. The monoisotopic (exact) mass is 237 g/mol. The van der Waals surface area contributed by atoms with Crippen LogP contribution < -0.4 is 0 Å². The highest BCUT2D eigenvalue weighted by molar-refractivity contribution is 5.82. The van der Waals surface area contributed by atoms with E-state index in [4.69, 9.17) is 4.74 Å². The summed E-state index contributed by atoms with van der Waals surface area (Å²) in [6.07, 6.45) is -2.62. The fourth-order valence-corrected chi connectivity index (χ4v) is 1.95. The van der Waals surface area contributed by atoms with Crippen LogP contribution in [-0.2, 0) is 9.53 Å². The Morgan fingerprint density at radius 2 is 2.00 bits per heavy atom. The van der Waals surface area contributed by atoms with Crippen molar-refractivity contribution in [3.63, 3.8) is 0 Å². The number of ether oxygens (including phenoxy) is 1. The number of alkyl halides is 3. The summed E-state index contributed by atoms with van der Waals surface area (Å²) in [4.78, 5) is 12.2. The molecule has 3 nitrogen and oxygen atoms in total. The number of nitrogens with zero attached hydrogens (tertiary/aromatic N) is 1. The third kappa shape index (κ3) is 2.66. The van der Waals surface area contributed by atoms with Gasteiger partial charge in [0.25, 0.3) is 0 Å². The van der Waals surface area contributed by atoms with Crippen molar-refractivity contribution in [2.75, 3.05) is 19.8 Å². The number of carbonyl (C=O) groups excluding carboxylic acids is 1. The third-order valence-corrected chi connectivity index (χ3v) is 2.97. The van der Waals surface area contributed by atoms with E-state index in [1.54, 1.807) is 0 Å². The van der Waals surface area contributed by atoms with E-state index < -0.39 is 12.1 Å². The quantitative estimate of drug-likeness (QED) is 0.745. The van der Waals surface area contributed by atoms with E-state index in [9.17, 15) is 18.0 Å². The predicted molar refractivity (Wildman–Crippen MR) is 49.7 cm³/mol. The maximum Gasteiger partial charge on any atom is 0.471 e. The second kappa shape index (κ2) is 4.24. The first-order valence-electron chi connectivity index (χ1n) is 5.44. The molecule has 2 aliphatic rings. The lowest BCUT2D eigenvalue weighted by Crippen LogP contribution is -2.45. The SMILES string of the molecule is O=C(N(CC1CCOC1)C1CC1)C(F)(F)F. The largest absolute Gasteiger partial charge is 0.471 e. The number of carbonyl (C=O) groups is 1. The normalized spacial score (nSPS) is 25.8. The Kier molecular flexibility index (Phi) is 3.10. The van der Waals surface area contributed by atoms with E-state index in [2.05, 4.69) is 0 Å². The smallest absolute Gasteiger partial charge is 0.381 e. The number of amides is 1. The summed E-state index contributed by atoms with van der Waals surface area (Å²) in [5.41, 5.74) is 0. The molecule has 0 aromatic heterocycles. The molecule has 1 unspecified atom stereocenters. The lowest BCUT2D eigenvalue weighted by Gasteiger charge is -2.25. The first-order valence-corrected chi connectivity index (χ1v) is 5.44. The summed E-state index contributed by atoms with van der Waals surface area (Å²) in [6.45, 7) is 1.24. The van der Waals surface area contributed by atoms with Gasteiger partial charge in [0, 0.05) is 25.1 Å². The molecule has 0 N–H and O–H groups in total. The second-order valence-corrected chi connectivity index (χ2v) is 4.42. The molecule has 1 aliphatic carbocycles. The molecule has 0 radical (unpaired) electrons. The summed E-state index contributed by atoms with van der Waals surface area (Å²) in [7, 11) is 0. The molecule has 0 bridgehead atoms. The van der Waals surface area contributed by atoms with Crippen molar-refractivity contribution >= 4 is 5.91 Å². The molecule has 1 atom stereocenters. The van der Waals surface area contributed by atoms with E-state index in [0.29, 0.717) is 26.1 Å². The molecule has 0 spiro atoms. The molecule has 6 heteroatoms. The average Bonchev–Trinajstić information content (AvgIpc) is 2.90. The lowest BCUT2D eigenvalue weighted by molar-refractivity contribution is -0.186. The Morgan fingerprint density at radius 3 is 2.44 bits per heavy atom. The summed E-state index contributed by atoms with van der Waals surface area (Å²) < 4.78 is 42.1.